The van der Waals surface area contributed by atoms with Crippen molar-refractivity contribution in [3.05, 3.63) is 12.2 Å². The van der Waals surface area contributed by atoms with E-state index >= 15 is 0 Å². The highest BCUT2D eigenvalue weighted by Crippen LogP contribution is 2.30. The highest BCUT2D eigenvalue weighted by Gasteiger charge is 2.31. The minimum Gasteiger partial charge on any atom is -0.356 e. The standard InChI is InChI=1S/C27H43N5O6/c1-16(2)23(31-25(36)18(5)30-24(35)17(3)4)27(38)29-14-6-13-28-26(37)20-9-7-19(8-10-20)15-32-21(33)11-12-22(32)34/h11-12,16-20,23H,6-10,13-15H2,1-5H3,(H,28,37)(H,29,38)(H,30,35)(H,31,36)/t18-,19?,20?,23-/m1/s1. The van der Waals surface area contributed by atoms with Gasteiger partial charge in [0.15, 0.2) is 0 Å². The molecule has 0 aromatic heterocycles. The molecule has 212 valence electrons. The molecule has 2 rings (SSSR count). The van der Waals surface area contributed by atoms with Crippen LogP contribution in [0.15, 0.2) is 12.2 Å². The van der Waals surface area contributed by atoms with Crippen LogP contribution in [0.1, 0.15) is 66.7 Å². The van der Waals surface area contributed by atoms with Gasteiger partial charge in [-0.05, 0) is 50.9 Å². The first kappa shape index (κ1) is 31.0. The lowest BCUT2D eigenvalue weighted by Crippen LogP contribution is -2.55. The third-order valence-corrected chi connectivity index (χ3v) is 7.03. The Morgan fingerprint density at radius 2 is 1.39 bits per heavy atom. The third kappa shape index (κ3) is 9.25. The van der Waals surface area contributed by atoms with E-state index < -0.39 is 18.0 Å². The van der Waals surface area contributed by atoms with Crippen LogP contribution >= 0.6 is 0 Å². The first-order valence-corrected chi connectivity index (χ1v) is 13.6. The van der Waals surface area contributed by atoms with Crippen molar-refractivity contribution in [1.82, 2.24) is 26.2 Å². The van der Waals surface area contributed by atoms with Crippen molar-refractivity contribution in [2.45, 2.75) is 78.8 Å². The van der Waals surface area contributed by atoms with Gasteiger partial charge in [0.1, 0.15) is 12.1 Å². The summed E-state index contributed by atoms with van der Waals surface area (Å²) in [6.45, 7) is 9.87. The van der Waals surface area contributed by atoms with Crippen LogP contribution < -0.4 is 21.3 Å². The third-order valence-electron chi connectivity index (χ3n) is 7.03. The Morgan fingerprint density at radius 3 is 1.95 bits per heavy atom. The fraction of sp³-hybridized carbons (Fsp3) is 0.704. The number of nitrogens with one attached hydrogen (secondary N) is 4. The summed E-state index contributed by atoms with van der Waals surface area (Å²) in [6.07, 6.45) is 6.11. The summed E-state index contributed by atoms with van der Waals surface area (Å²) >= 11 is 0. The molecule has 38 heavy (non-hydrogen) atoms. The number of nitrogens with zero attached hydrogens (tertiary/aromatic N) is 1. The Balaban J connectivity index is 1.65. The number of amides is 6. The zero-order valence-corrected chi connectivity index (χ0v) is 23.2. The van der Waals surface area contributed by atoms with Gasteiger partial charge in [-0.2, -0.15) is 0 Å². The van der Waals surface area contributed by atoms with Crippen LogP contribution in [0.4, 0.5) is 0 Å². The van der Waals surface area contributed by atoms with Gasteiger partial charge < -0.3 is 21.3 Å². The molecule has 0 aromatic rings. The molecule has 1 saturated carbocycles. The summed E-state index contributed by atoms with van der Waals surface area (Å²) in [5.41, 5.74) is 0. The first-order chi connectivity index (χ1) is 17.9. The van der Waals surface area contributed by atoms with Crippen LogP contribution in [-0.4, -0.2) is 72.1 Å². The zero-order valence-electron chi connectivity index (χ0n) is 23.2. The molecular formula is C27H43N5O6. The second-order valence-electron chi connectivity index (χ2n) is 10.9. The number of rotatable bonds is 13. The van der Waals surface area contributed by atoms with Gasteiger partial charge >= 0.3 is 0 Å². The van der Waals surface area contributed by atoms with Gasteiger partial charge in [-0.15, -0.1) is 0 Å². The maximum absolute atomic E-state index is 12.7. The van der Waals surface area contributed by atoms with E-state index in [1.54, 1.807) is 20.8 Å². The van der Waals surface area contributed by atoms with E-state index in [0.717, 1.165) is 12.8 Å². The molecule has 0 saturated heterocycles. The van der Waals surface area contributed by atoms with Crippen LogP contribution in [-0.2, 0) is 28.8 Å². The van der Waals surface area contributed by atoms with E-state index in [-0.39, 0.29) is 53.2 Å². The normalized spacial score (nSPS) is 20.9. The molecule has 1 aliphatic carbocycles. The van der Waals surface area contributed by atoms with Gasteiger partial charge in [0, 0.05) is 43.6 Å². The van der Waals surface area contributed by atoms with Gasteiger partial charge in [0.2, 0.25) is 23.6 Å². The quantitative estimate of drug-likeness (QED) is 0.201. The number of carbonyl (C=O) groups is 6. The Bertz CT molecular complexity index is 905. The molecule has 0 bridgehead atoms. The maximum Gasteiger partial charge on any atom is 0.253 e. The summed E-state index contributed by atoms with van der Waals surface area (Å²) in [4.78, 5) is 74.3. The van der Waals surface area contributed by atoms with E-state index in [9.17, 15) is 28.8 Å². The highest BCUT2D eigenvalue weighted by molar-refractivity contribution is 6.12. The lowest BCUT2D eigenvalue weighted by atomic mass is 9.81. The Morgan fingerprint density at radius 1 is 0.816 bits per heavy atom. The van der Waals surface area contributed by atoms with Crippen LogP contribution in [0, 0.1) is 23.7 Å². The second-order valence-corrected chi connectivity index (χ2v) is 10.9. The highest BCUT2D eigenvalue weighted by atomic mass is 16.2. The van der Waals surface area contributed by atoms with Crippen molar-refractivity contribution in [3.8, 4) is 0 Å². The van der Waals surface area contributed by atoms with Gasteiger partial charge in [-0.3, -0.25) is 33.7 Å². The van der Waals surface area contributed by atoms with Crippen LogP contribution in [0.3, 0.4) is 0 Å². The number of hydrogen-bond donors (Lipinski definition) is 4. The van der Waals surface area contributed by atoms with Crippen molar-refractivity contribution in [2.24, 2.45) is 23.7 Å². The molecule has 2 atom stereocenters. The Kier molecular flexibility index (Phi) is 11.9. The average Bonchev–Trinajstić information content (AvgIpc) is 3.18. The number of imide groups is 1. The summed E-state index contributed by atoms with van der Waals surface area (Å²) in [7, 11) is 0. The predicted molar refractivity (Wildman–Crippen MR) is 141 cm³/mol. The number of hydrogen-bond acceptors (Lipinski definition) is 6. The van der Waals surface area contributed by atoms with Crippen molar-refractivity contribution in [3.63, 3.8) is 0 Å². The molecule has 11 heteroatoms. The molecule has 1 heterocycles. The fourth-order valence-electron chi connectivity index (χ4n) is 4.50. The second kappa shape index (κ2) is 14.6. The SMILES string of the molecule is CC(C)C(=O)N[C@H](C)C(=O)N[C@@H](C(=O)NCCCNC(=O)C1CCC(CN2C(=O)C=CC2=O)CC1)C(C)C. The van der Waals surface area contributed by atoms with Gasteiger partial charge in [0.05, 0.1) is 0 Å². The van der Waals surface area contributed by atoms with Crippen molar-refractivity contribution < 1.29 is 28.8 Å². The van der Waals surface area contributed by atoms with Crippen LogP contribution in [0.25, 0.3) is 0 Å². The van der Waals surface area contributed by atoms with E-state index in [2.05, 4.69) is 21.3 Å². The predicted octanol–water partition coefficient (Wildman–Crippen LogP) is 0.642. The zero-order chi connectivity index (χ0) is 28.4. The minimum absolute atomic E-state index is 0.0190. The lowest BCUT2D eigenvalue weighted by molar-refractivity contribution is -0.138. The van der Waals surface area contributed by atoms with Crippen molar-refractivity contribution in [1.29, 1.82) is 0 Å². The summed E-state index contributed by atoms with van der Waals surface area (Å²) in [5.74, 6) is -1.82. The molecule has 1 aliphatic heterocycles. The largest absolute Gasteiger partial charge is 0.356 e. The molecule has 0 aromatic carbocycles. The van der Waals surface area contributed by atoms with E-state index in [0.29, 0.717) is 38.9 Å². The molecule has 1 fully saturated rings. The van der Waals surface area contributed by atoms with Crippen LogP contribution in [0.2, 0.25) is 0 Å². The Hall–Kier alpha value is -3.24. The van der Waals surface area contributed by atoms with Gasteiger partial charge in [0.25, 0.3) is 11.8 Å². The maximum atomic E-state index is 12.7. The molecule has 0 radical (unpaired) electrons. The lowest BCUT2D eigenvalue weighted by Gasteiger charge is -2.30. The Labute approximate surface area is 224 Å². The molecule has 6 amide bonds. The molecule has 2 aliphatic rings. The van der Waals surface area contributed by atoms with Crippen LogP contribution in [0.5, 0.6) is 0 Å². The number of carbonyl (C=O) groups excluding carboxylic acids is 6. The van der Waals surface area contributed by atoms with Gasteiger partial charge in [-0.1, -0.05) is 27.7 Å². The van der Waals surface area contributed by atoms with Crippen molar-refractivity contribution in [2.75, 3.05) is 19.6 Å². The molecule has 4 N–H and O–H groups in total. The monoisotopic (exact) mass is 533 g/mol. The topological polar surface area (TPSA) is 154 Å². The smallest absolute Gasteiger partial charge is 0.253 e. The van der Waals surface area contributed by atoms with E-state index in [4.69, 9.17) is 0 Å². The molecule has 0 unspecified atom stereocenters. The average molecular weight is 534 g/mol. The molecule has 11 nitrogen and oxygen atoms in total. The molecular weight excluding hydrogens is 490 g/mol. The summed E-state index contributed by atoms with van der Waals surface area (Å²) in [6, 6.07) is -1.50. The van der Waals surface area contributed by atoms with Crippen molar-refractivity contribution >= 4 is 35.4 Å². The molecule has 0 spiro atoms. The summed E-state index contributed by atoms with van der Waals surface area (Å²) < 4.78 is 0. The van der Waals surface area contributed by atoms with E-state index in [1.165, 1.54) is 17.1 Å². The first-order valence-electron chi connectivity index (χ1n) is 13.6. The van der Waals surface area contributed by atoms with Gasteiger partial charge in [-0.25, -0.2) is 0 Å². The van der Waals surface area contributed by atoms with E-state index in [1.807, 2.05) is 13.8 Å². The minimum atomic E-state index is -0.758. The summed E-state index contributed by atoms with van der Waals surface area (Å²) in [5, 5.41) is 11.1. The fourth-order valence-corrected chi connectivity index (χ4v) is 4.50.